The number of nitrogens with zero attached hydrogens (tertiary/aromatic N) is 1. The van der Waals surface area contributed by atoms with Crippen LogP contribution < -0.4 is 10.3 Å². The molecule has 0 saturated heterocycles. The molecule has 5 rings (SSSR count). The van der Waals surface area contributed by atoms with Crippen molar-refractivity contribution in [2.75, 3.05) is 0 Å². The first-order valence-corrected chi connectivity index (χ1v) is 9.47. The summed E-state index contributed by atoms with van der Waals surface area (Å²) in [5.41, 5.74) is 3.34. The quantitative estimate of drug-likeness (QED) is 0.413. The van der Waals surface area contributed by atoms with Crippen LogP contribution in [0.4, 0.5) is 0 Å². The Kier molecular flexibility index (Phi) is 3.78. The highest BCUT2D eigenvalue weighted by Gasteiger charge is 2.34. The van der Waals surface area contributed by atoms with Gasteiger partial charge in [-0.15, -0.1) is 0 Å². The summed E-state index contributed by atoms with van der Waals surface area (Å²) in [5.74, 6) is 1.27. The summed E-state index contributed by atoms with van der Waals surface area (Å²) in [6, 6.07) is 17.9. The van der Waals surface area contributed by atoms with Crippen molar-refractivity contribution in [3.8, 4) is 11.6 Å². The molecule has 0 spiro atoms. The highest BCUT2D eigenvalue weighted by Crippen LogP contribution is 2.49. The van der Waals surface area contributed by atoms with E-state index in [1.807, 2.05) is 61.5 Å². The van der Waals surface area contributed by atoms with Crippen molar-refractivity contribution in [2.24, 2.45) is 0 Å². The van der Waals surface area contributed by atoms with E-state index in [4.69, 9.17) is 16.3 Å². The number of aromatic nitrogens is 2. The molecular weight excluding hydrogens is 372 g/mol. The fourth-order valence-electron chi connectivity index (χ4n) is 3.91. The fourth-order valence-corrected chi connectivity index (χ4v) is 4.19. The number of H-pyrrole nitrogens is 1. The van der Waals surface area contributed by atoms with E-state index in [0.29, 0.717) is 28.0 Å². The molecule has 1 aliphatic rings. The number of halogens is 1. The van der Waals surface area contributed by atoms with Gasteiger partial charge in [0, 0.05) is 27.3 Å². The molecular formula is C23H17ClN2O2. The molecule has 2 heterocycles. The summed E-state index contributed by atoms with van der Waals surface area (Å²) >= 11 is 6.61. The third kappa shape index (κ3) is 2.53. The Morgan fingerprint density at radius 3 is 2.50 bits per heavy atom. The summed E-state index contributed by atoms with van der Waals surface area (Å²) in [5, 5.41) is 2.46. The lowest BCUT2D eigenvalue weighted by atomic mass is 9.82. The first-order chi connectivity index (χ1) is 13.5. The maximum Gasteiger partial charge on any atom is 0.258 e. The van der Waals surface area contributed by atoms with E-state index in [9.17, 15) is 4.79 Å². The molecule has 0 amide bonds. The Balaban J connectivity index is 1.88. The summed E-state index contributed by atoms with van der Waals surface area (Å²) in [7, 11) is 0. The van der Waals surface area contributed by atoms with Crippen LogP contribution in [0.25, 0.3) is 10.8 Å². The molecule has 4 aromatic rings. The zero-order chi connectivity index (χ0) is 19.4. The number of hydrogen-bond donors (Lipinski definition) is 1. The van der Waals surface area contributed by atoms with Crippen LogP contribution in [0.1, 0.15) is 34.0 Å². The van der Waals surface area contributed by atoms with Crippen LogP contribution in [0.5, 0.6) is 11.6 Å². The topological polar surface area (TPSA) is 55.0 Å². The molecule has 1 unspecified atom stereocenters. The van der Waals surface area contributed by atoms with Crippen molar-refractivity contribution in [3.05, 3.63) is 98.1 Å². The normalized spacial score (nSPS) is 15.0. The highest BCUT2D eigenvalue weighted by molar-refractivity contribution is 6.36. The van der Waals surface area contributed by atoms with E-state index in [-0.39, 0.29) is 11.5 Å². The van der Waals surface area contributed by atoms with E-state index in [0.717, 1.165) is 27.5 Å². The minimum Gasteiger partial charge on any atom is -0.437 e. The maximum atomic E-state index is 12.9. The SMILES string of the molecule is Cc1ccc(C2c3cc(Cl)c4ccccc4c3Oc3nc(C)[nH]c(=O)c32)cc1. The van der Waals surface area contributed by atoms with Crippen LogP contribution in [0.3, 0.4) is 0 Å². The lowest BCUT2D eigenvalue weighted by Crippen LogP contribution is -2.24. The van der Waals surface area contributed by atoms with Crippen LogP contribution in [-0.4, -0.2) is 9.97 Å². The Bertz CT molecular complexity index is 1290. The smallest absolute Gasteiger partial charge is 0.258 e. The fraction of sp³-hybridized carbons (Fsp3) is 0.130. The van der Waals surface area contributed by atoms with Crippen LogP contribution >= 0.6 is 11.6 Å². The van der Waals surface area contributed by atoms with Gasteiger partial charge in [-0.05, 0) is 25.5 Å². The zero-order valence-electron chi connectivity index (χ0n) is 15.4. The lowest BCUT2D eigenvalue weighted by Gasteiger charge is -2.28. The van der Waals surface area contributed by atoms with Gasteiger partial charge in [0.05, 0.1) is 5.56 Å². The number of fused-ring (bicyclic) bond motifs is 4. The number of ether oxygens (including phenoxy) is 1. The molecule has 1 aliphatic heterocycles. The van der Waals surface area contributed by atoms with Crippen LogP contribution in [0.15, 0.2) is 59.4 Å². The summed E-state index contributed by atoms with van der Waals surface area (Å²) < 4.78 is 6.19. The third-order valence-electron chi connectivity index (χ3n) is 5.22. The van der Waals surface area contributed by atoms with E-state index >= 15 is 0 Å². The van der Waals surface area contributed by atoms with Gasteiger partial charge in [-0.25, -0.2) is 0 Å². The molecule has 1 aromatic heterocycles. The van der Waals surface area contributed by atoms with Crippen LogP contribution in [0, 0.1) is 13.8 Å². The van der Waals surface area contributed by atoms with Gasteiger partial charge in [0.25, 0.3) is 5.56 Å². The summed E-state index contributed by atoms with van der Waals surface area (Å²) in [6.07, 6.45) is 0. The second kappa shape index (κ2) is 6.21. The first-order valence-electron chi connectivity index (χ1n) is 9.09. The van der Waals surface area contributed by atoms with Gasteiger partial charge >= 0.3 is 0 Å². The van der Waals surface area contributed by atoms with E-state index in [2.05, 4.69) is 9.97 Å². The van der Waals surface area contributed by atoms with Gasteiger partial charge in [0.15, 0.2) is 0 Å². The third-order valence-corrected chi connectivity index (χ3v) is 5.53. The first kappa shape index (κ1) is 17.0. The Labute approximate surface area is 166 Å². The Hall–Kier alpha value is -3.11. The molecule has 0 aliphatic carbocycles. The predicted molar refractivity (Wildman–Crippen MR) is 111 cm³/mol. The van der Waals surface area contributed by atoms with E-state index < -0.39 is 0 Å². The van der Waals surface area contributed by atoms with Gasteiger partial charge in [0.2, 0.25) is 5.88 Å². The van der Waals surface area contributed by atoms with Crippen molar-refractivity contribution >= 4 is 22.4 Å². The van der Waals surface area contributed by atoms with Crippen molar-refractivity contribution in [2.45, 2.75) is 19.8 Å². The van der Waals surface area contributed by atoms with Gasteiger partial charge in [-0.1, -0.05) is 65.7 Å². The molecule has 0 bridgehead atoms. The highest BCUT2D eigenvalue weighted by atomic mass is 35.5. The zero-order valence-corrected chi connectivity index (χ0v) is 16.2. The molecule has 0 radical (unpaired) electrons. The number of aryl methyl sites for hydroxylation is 2. The number of rotatable bonds is 1. The molecule has 1 atom stereocenters. The number of hydrogen-bond acceptors (Lipinski definition) is 3. The number of benzene rings is 3. The Morgan fingerprint density at radius 1 is 1.04 bits per heavy atom. The second-order valence-electron chi connectivity index (χ2n) is 7.14. The standard InChI is InChI=1S/C23H17ClN2O2/c1-12-7-9-14(10-8-12)19-17-11-18(24)15-5-3-4-6-16(15)21(17)28-23-20(19)22(27)25-13(2)26-23/h3-11,19H,1-2H3,(H,25,26,27). The maximum absolute atomic E-state index is 12.9. The van der Waals surface area contributed by atoms with Crippen LogP contribution in [0.2, 0.25) is 5.02 Å². The monoisotopic (exact) mass is 388 g/mol. The largest absolute Gasteiger partial charge is 0.437 e. The average molecular weight is 389 g/mol. The van der Waals surface area contributed by atoms with Crippen LogP contribution in [-0.2, 0) is 0 Å². The molecule has 3 aromatic carbocycles. The van der Waals surface area contributed by atoms with Crippen molar-refractivity contribution in [3.63, 3.8) is 0 Å². The lowest BCUT2D eigenvalue weighted by molar-refractivity contribution is 0.433. The average Bonchev–Trinajstić information content (AvgIpc) is 2.68. The second-order valence-corrected chi connectivity index (χ2v) is 7.55. The Morgan fingerprint density at radius 2 is 1.75 bits per heavy atom. The van der Waals surface area contributed by atoms with Gasteiger partial charge in [-0.2, -0.15) is 4.98 Å². The van der Waals surface area contributed by atoms with Crippen molar-refractivity contribution in [1.82, 2.24) is 9.97 Å². The van der Waals surface area contributed by atoms with Gasteiger partial charge < -0.3 is 9.72 Å². The molecule has 138 valence electrons. The molecule has 1 N–H and O–H groups in total. The molecule has 0 fully saturated rings. The van der Waals surface area contributed by atoms with E-state index in [1.54, 1.807) is 6.92 Å². The minimum atomic E-state index is -0.307. The van der Waals surface area contributed by atoms with Crippen molar-refractivity contribution < 1.29 is 4.74 Å². The van der Waals surface area contributed by atoms with E-state index in [1.165, 1.54) is 0 Å². The van der Waals surface area contributed by atoms with Crippen molar-refractivity contribution in [1.29, 1.82) is 0 Å². The molecule has 4 nitrogen and oxygen atoms in total. The minimum absolute atomic E-state index is 0.192. The number of aromatic amines is 1. The predicted octanol–water partition coefficient (Wildman–Crippen LogP) is 5.48. The van der Waals surface area contributed by atoms with Gasteiger partial charge in [-0.3, -0.25) is 4.79 Å². The van der Waals surface area contributed by atoms with Gasteiger partial charge in [0.1, 0.15) is 11.6 Å². The molecule has 28 heavy (non-hydrogen) atoms. The summed E-state index contributed by atoms with van der Waals surface area (Å²) in [6.45, 7) is 3.79. The summed E-state index contributed by atoms with van der Waals surface area (Å²) in [4.78, 5) is 20.2. The number of nitrogens with one attached hydrogen (secondary N) is 1. The molecule has 0 saturated carbocycles. The molecule has 5 heteroatoms.